The summed E-state index contributed by atoms with van der Waals surface area (Å²) in [6.07, 6.45) is 0. The summed E-state index contributed by atoms with van der Waals surface area (Å²) in [6.45, 7) is 4.82. The Labute approximate surface area is 151 Å². The zero-order chi connectivity index (χ0) is 18.8. The molecule has 0 aromatic heterocycles. The van der Waals surface area contributed by atoms with Crippen LogP contribution in [0.25, 0.3) is 0 Å². The van der Waals surface area contributed by atoms with Crippen LogP contribution in [-0.4, -0.2) is 47.5 Å². The van der Waals surface area contributed by atoms with Crippen LogP contribution in [-0.2, 0) is 9.59 Å². The Kier molecular flexibility index (Phi) is 5.62. The van der Waals surface area contributed by atoms with Crippen molar-refractivity contribution < 1.29 is 23.9 Å². The van der Waals surface area contributed by atoms with E-state index in [0.29, 0.717) is 11.5 Å². The predicted molar refractivity (Wildman–Crippen MR) is 94.9 cm³/mol. The van der Waals surface area contributed by atoms with Crippen LogP contribution in [0.2, 0.25) is 0 Å². The summed E-state index contributed by atoms with van der Waals surface area (Å²) < 4.78 is 9.68. The molecule has 1 aliphatic heterocycles. The molecule has 2 rings (SSSR count). The molecular weight excluding hydrogens is 344 g/mol. The number of hydrogen-bond donors (Lipinski definition) is 1. The Morgan fingerprint density at radius 2 is 1.96 bits per heavy atom. The monoisotopic (exact) mass is 366 g/mol. The van der Waals surface area contributed by atoms with E-state index in [1.54, 1.807) is 53.2 Å². The van der Waals surface area contributed by atoms with Crippen molar-refractivity contribution in [3.63, 3.8) is 0 Å². The number of nitrogens with one attached hydrogen (secondary N) is 1. The Hall–Kier alpha value is -2.22. The third-order valence-electron chi connectivity index (χ3n) is 3.91. The van der Waals surface area contributed by atoms with Gasteiger partial charge in [-0.25, -0.2) is 0 Å². The smallest absolute Gasteiger partial charge is 0.289 e. The minimum atomic E-state index is -0.834. The molecule has 7 nitrogen and oxygen atoms in total. The molecule has 0 saturated carbocycles. The van der Waals surface area contributed by atoms with Crippen LogP contribution in [0.5, 0.6) is 11.5 Å². The van der Waals surface area contributed by atoms with Crippen LogP contribution in [0.15, 0.2) is 18.2 Å². The molecule has 8 heteroatoms. The quantitative estimate of drug-likeness (QED) is 0.832. The first-order valence-electron chi connectivity index (χ1n) is 7.76. The van der Waals surface area contributed by atoms with E-state index in [2.05, 4.69) is 5.32 Å². The molecule has 3 amide bonds. The van der Waals surface area contributed by atoms with Crippen LogP contribution in [0.1, 0.15) is 32.4 Å². The lowest BCUT2D eigenvalue weighted by molar-refractivity contribution is -0.133. The summed E-state index contributed by atoms with van der Waals surface area (Å²) in [5.41, 5.74) is 0.740. The maximum atomic E-state index is 12.3. The number of nitrogens with zero attached hydrogens (tertiary/aromatic N) is 1. The van der Waals surface area contributed by atoms with Crippen LogP contribution in [0, 0.1) is 0 Å². The molecule has 0 bridgehead atoms. The molecule has 1 N–H and O–H groups in total. The topological polar surface area (TPSA) is 84.9 Å². The van der Waals surface area contributed by atoms with Gasteiger partial charge in [0.15, 0.2) is 0 Å². The lowest BCUT2D eigenvalue weighted by Gasteiger charge is -2.20. The van der Waals surface area contributed by atoms with Gasteiger partial charge < -0.3 is 14.8 Å². The normalized spacial score (nSPS) is 17.4. The molecule has 1 heterocycles. The van der Waals surface area contributed by atoms with Gasteiger partial charge >= 0.3 is 0 Å². The van der Waals surface area contributed by atoms with Crippen LogP contribution < -0.4 is 14.8 Å². The number of ether oxygens (including phenoxy) is 2. The first-order valence-corrected chi connectivity index (χ1v) is 8.57. The number of carbonyl (C=O) groups is 3. The van der Waals surface area contributed by atoms with E-state index >= 15 is 0 Å². The van der Waals surface area contributed by atoms with E-state index in [4.69, 9.17) is 9.47 Å². The number of imide groups is 1. The zero-order valence-electron chi connectivity index (χ0n) is 14.9. The number of benzene rings is 1. The lowest BCUT2D eigenvalue weighted by Crippen LogP contribution is -2.43. The first kappa shape index (κ1) is 19.1. The number of rotatable bonds is 6. The highest BCUT2D eigenvalue weighted by Crippen LogP contribution is 2.36. The third kappa shape index (κ3) is 4.07. The molecule has 1 fully saturated rings. The maximum absolute atomic E-state index is 12.3. The molecule has 136 valence electrons. The Balaban J connectivity index is 2.08. The molecule has 0 spiro atoms. The standard InChI is InChI=1S/C17H22N2O5S/c1-10(12-8-11(23-4)6-7-13(12)24-5)18-14(20)9-19-15(21)17(2,3)25-16(19)22/h6-8,10H,9H2,1-5H3,(H,18,20). The molecule has 0 aliphatic carbocycles. The van der Waals surface area contributed by atoms with Crippen molar-refractivity contribution in [1.82, 2.24) is 10.2 Å². The van der Waals surface area contributed by atoms with Crippen molar-refractivity contribution in [3.05, 3.63) is 23.8 Å². The summed E-state index contributed by atoms with van der Waals surface area (Å²) in [5, 5.41) is 2.38. The average Bonchev–Trinajstić information content (AvgIpc) is 2.75. The van der Waals surface area contributed by atoms with E-state index in [-0.39, 0.29) is 18.5 Å². The number of hydrogen-bond acceptors (Lipinski definition) is 6. The Bertz CT molecular complexity index is 704. The highest BCUT2D eigenvalue weighted by atomic mass is 32.2. The van der Waals surface area contributed by atoms with Gasteiger partial charge in [-0.2, -0.15) is 0 Å². The highest BCUT2D eigenvalue weighted by molar-refractivity contribution is 8.16. The van der Waals surface area contributed by atoms with Crippen molar-refractivity contribution in [2.24, 2.45) is 0 Å². The fraction of sp³-hybridized carbons (Fsp3) is 0.471. The Morgan fingerprint density at radius 3 is 2.48 bits per heavy atom. The number of methoxy groups -OCH3 is 2. The zero-order valence-corrected chi connectivity index (χ0v) is 15.7. The minimum absolute atomic E-state index is 0.301. The van der Waals surface area contributed by atoms with Gasteiger partial charge in [0.25, 0.3) is 5.24 Å². The van der Waals surface area contributed by atoms with Crippen LogP contribution in [0.3, 0.4) is 0 Å². The predicted octanol–water partition coefficient (Wildman–Crippen LogP) is 2.36. The molecule has 1 aliphatic rings. The van der Waals surface area contributed by atoms with Crippen molar-refractivity contribution in [2.75, 3.05) is 20.8 Å². The van der Waals surface area contributed by atoms with Gasteiger partial charge in [-0.3, -0.25) is 19.3 Å². The van der Waals surface area contributed by atoms with Crippen molar-refractivity contribution in [2.45, 2.75) is 31.6 Å². The average molecular weight is 366 g/mol. The van der Waals surface area contributed by atoms with E-state index in [1.807, 2.05) is 0 Å². The van der Waals surface area contributed by atoms with Crippen molar-refractivity contribution >= 4 is 28.8 Å². The molecular formula is C17H22N2O5S. The molecule has 1 atom stereocenters. The van der Waals surface area contributed by atoms with E-state index < -0.39 is 15.9 Å². The molecule has 1 aromatic rings. The number of amides is 3. The van der Waals surface area contributed by atoms with Crippen molar-refractivity contribution in [1.29, 1.82) is 0 Å². The third-order valence-corrected chi connectivity index (χ3v) is 4.99. The summed E-state index contributed by atoms with van der Waals surface area (Å²) in [7, 11) is 3.10. The van der Waals surface area contributed by atoms with Gasteiger partial charge in [-0.05, 0) is 50.7 Å². The summed E-state index contributed by atoms with van der Waals surface area (Å²) >= 11 is 0.928. The molecule has 0 radical (unpaired) electrons. The van der Waals surface area contributed by atoms with Gasteiger partial charge in [0.05, 0.1) is 25.0 Å². The minimum Gasteiger partial charge on any atom is -0.497 e. The second-order valence-electron chi connectivity index (χ2n) is 6.17. The second-order valence-corrected chi connectivity index (χ2v) is 7.74. The van der Waals surface area contributed by atoms with Gasteiger partial charge in [-0.15, -0.1) is 0 Å². The summed E-state index contributed by atoms with van der Waals surface area (Å²) in [5.74, 6) is 0.472. The highest BCUT2D eigenvalue weighted by Gasteiger charge is 2.46. The first-order chi connectivity index (χ1) is 11.7. The van der Waals surface area contributed by atoms with E-state index in [9.17, 15) is 14.4 Å². The van der Waals surface area contributed by atoms with Gasteiger partial charge in [0, 0.05) is 5.56 Å². The van der Waals surface area contributed by atoms with Gasteiger partial charge in [-0.1, -0.05) is 0 Å². The number of carbonyl (C=O) groups excluding carboxylic acids is 3. The maximum Gasteiger partial charge on any atom is 0.289 e. The molecule has 1 aromatic carbocycles. The number of thioether (sulfide) groups is 1. The van der Waals surface area contributed by atoms with Gasteiger partial charge in [0.2, 0.25) is 11.8 Å². The van der Waals surface area contributed by atoms with E-state index in [1.165, 1.54) is 0 Å². The molecule has 25 heavy (non-hydrogen) atoms. The summed E-state index contributed by atoms with van der Waals surface area (Å²) in [4.78, 5) is 37.4. The Morgan fingerprint density at radius 1 is 1.28 bits per heavy atom. The van der Waals surface area contributed by atoms with Crippen molar-refractivity contribution in [3.8, 4) is 11.5 Å². The SMILES string of the molecule is COc1ccc(OC)c(C(C)NC(=O)CN2C(=O)SC(C)(C)C2=O)c1. The summed E-state index contributed by atoms with van der Waals surface area (Å²) in [6, 6.07) is 4.90. The fourth-order valence-corrected chi connectivity index (χ4v) is 3.44. The molecule has 1 unspecified atom stereocenters. The lowest BCUT2D eigenvalue weighted by atomic mass is 10.1. The van der Waals surface area contributed by atoms with E-state index in [0.717, 1.165) is 22.2 Å². The van der Waals surface area contributed by atoms with Crippen LogP contribution >= 0.6 is 11.8 Å². The second kappa shape index (κ2) is 7.35. The molecule has 1 saturated heterocycles. The van der Waals surface area contributed by atoms with Crippen LogP contribution in [0.4, 0.5) is 4.79 Å². The largest absolute Gasteiger partial charge is 0.497 e. The fourth-order valence-electron chi connectivity index (χ4n) is 2.55. The van der Waals surface area contributed by atoms with Gasteiger partial charge in [0.1, 0.15) is 18.0 Å².